The summed E-state index contributed by atoms with van der Waals surface area (Å²) >= 11 is 9.72. The monoisotopic (exact) mass is 372 g/mol. The molecule has 0 unspecified atom stereocenters. The first-order valence-corrected chi connectivity index (χ1v) is 7.69. The number of ether oxygens (including phenoxy) is 2. The first-order valence-electron chi connectivity index (χ1n) is 6.52. The van der Waals surface area contributed by atoms with Crippen LogP contribution in [0.15, 0.2) is 34.3 Å². The molecule has 0 bridgehead atoms. The second-order valence-corrected chi connectivity index (χ2v) is 5.84. The van der Waals surface area contributed by atoms with E-state index in [0.29, 0.717) is 22.6 Å². The fraction of sp³-hybridized carbons (Fsp3) is 0.333. The van der Waals surface area contributed by atoms with Crippen molar-refractivity contribution in [3.8, 4) is 0 Å². The van der Waals surface area contributed by atoms with E-state index in [0.717, 1.165) is 4.47 Å². The zero-order chi connectivity index (χ0) is 15.4. The maximum absolute atomic E-state index is 12.1. The highest BCUT2D eigenvalue weighted by Gasteiger charge is 2.32. The fourth-order valence-corrected chi connectivity index (χ4v) is 2.65. The van der Waals surface area contributed by atoms with E-state index < -0.39 is 5.97 Å². The molecule has 1 saturated heterocycles. The summed E-state index contributed by atoms with van der Waals surface area (Å²) in [5.74, 6) is -0.743. The molecule has 6 heteroatoms. The molecule has 112 valence electrons. The number of carbonyl (C=O) groups excluding carboxylic acids is 2. The number of benzene rings is 1. The Morgan fingerprint density at radius 1 is 1.52 bits per heavy atom. The van der Waals surface area contributed by atoms with Crippen molar-refractivity contribution < 1.29 is 19.1 Å². The number of hydrogen-bond donors (Lipinski definition) is 0. The number of halogens is 2. The minimum atomic E-state index is -0.481. The van der Waals surface area contributed by atoms with Crippen molar-refractivity contribution in [3.63, 3.8) is 0 Å². The highest BCUT2D eigenvalue weighted by atomic mass is 79.9. The van der Waals surface area contributed by atoms with Crippen LogP contribution in [0, 0.1) is 0 Å². The highest BCUT2D eigenvalue weighted by Crippen LogP contribution is 2.31. The van der Waals surface area contributed by atoms with Gasteiger partial charge in [0.25, 0.3) is 0 Å². The molecule has 0 N–H and O–H groups in total. The average molecular weight is 374 g/mol. The Bertz CT molecular complexity index is 589. The van der Waals surface area contributed by atoms with E-state index in [1.807, 2.05) is 18.2 Å². The van der Waals surface area contributed by atoms with Crippen LogP contribution in [0.2, 0.25) is 0 Å². The van der Waals surface area contributed by atoms with Crippen molar-refractivity contribution in [1.82, 2.24) is 0 Å². The van der Waals surface area contributed by atoms with Gasteiger partial charge in [-0.3, -0.25) is 4.79 Å². The molecule has 1 aromatic rings. The lowest BCUT2D eigenvalue weighted by molar-refractivity contribution is -0.169. The molecule has 0 aliphatic carbocycles. The fourth-order valence-electron chi connectivity index (χ4n) is 1.98. The third-order valence-electron chi connectivity index (χ3n) is 2.99. The number of carbonyl (C=O) groups is 2. The Balaban J connectivity index is 2.29. The highest BCUT2D eigenvalue weighted by molar-refractivity contribution is 9.10. The molecule has 2 rings (SSSR count). The van der Waals surface area contributed by atoms with Gasteiger partial charge in [-0.25, -0.2) is 4.79 Å². The Morgan fingerprint density at radius 2 is 2.24 bits per heavy atom. The topological polar surface area (TPSA) is 52.6 Å². The third kappa shape index (κ3) is 4.08. The van der Waals surface area contributed by atoms with E-state index in [-0.39, 0.29) is 25.1 Å². The van der Waals surface area contributed by atoms with Crippen LogP contribution in [0.1, 0.15) is 25.3 Å². The van der Waals surface area contributed by atoms with Gasteiger partial charge in [0.05, 0.1) is 23.6 Å². The van der Waals surface area contributed by atoms with Gasteiger partial charge >= 0.3 is 11.9 Å². The van der Waals surface area contributed by atoms with Gasteiger partial charge < -0.3 is 9.47 Å². The van der Waals surface area contributed by atoms with Crippen LogP contribution in [-0.2, 0) is 19.1 Å². The van der Waals surface area contributed by atoms with E-state index in [2.05, 4.69) is 15.9 Å². The normalized spacial score (nSPS) is 18.4. The molecule has 21 heavy (non-hydrogen) atoms. The molecular weight excluding hydrogens is 360 g/mol. The second kappa shape index (κ2) is 7.09. The second-order valence-electron chi connectivity index (χ2n) is 4.54. The molecule has 4 nitrogen and oxygen atoms in total. The summed E-state index contributed by atoms with van der Waals surface area (Å²) in [5, 5.41) is 0.317. The van der Waals surface area contributed by atoms with Crippen LogP contribution in [0.4, 0.5) is 0 Å². The lowest BCUT2D eigenvalue weighted by Gasteiger charge is -2.26. The van der Waals surface area contributed by atoms with E-state index in [1.165, 1.54) is 0 Å². The standard InChI is InChI=1S/C15H14BrClO4/c1-2-20-15(19)12(7-11-8-13(18)21-11)14(17)9-4-3-5-10(16)6-9/h3-6,11H,2,7-8H2,1H3/b14-12-/t11-/m1/s1. The molecule has 0 aromatic heterocycles. The third-order valence-corrected chi connectivity index (χ3v) is 3.93. The van der Waals surface area contributed by atoms with Crippen molar-refractivity contribution in [2.45, 2.75) is 25.9 Å². The molecule has 1 atom stereocenters. The van der Waals surface area contributed by atoms with Crippen LogP contribution >= 0.6 is 27.5 Å². The summed E-state index contributed by atoms with van der Waals surface area (Å²) < 4.78 is 10.9. The molecule has 0 saturated carbocycles. The summed E-state index contributed by atoms with van der Waals surface area (Å²) in [5.41, 5.74) is 1.04. The van der Waals surface area contributed by atoms with Gasteiger partial charge in [0.2, 0.25) is 0 Å². The predicted molar refractivity (Wildman–Crippen MR) is 82.7 cm³/mol. The SMILES string of the molecule is CCOC(=O)/C(C[C@@H]1CC(=O)O1)=C(\Cl)c1cccc(Br)c1. The zero-order valence-electron chi connectivity index (χ0n) is 11.4. The lowest BCUT2D eigenvalue weighted by Crippen LogP contribution is -2.34. The Hall–Kier alpha value is -1.33. The van der Waals surface area contributed by atoms with Crippen LogP contribution in [-0.4, -0.2) is 24.6 Å². The summed E-state index contributed by atoms with van der Waals surface area (Å²) in [4.78, 5) is 23.0. The number of rotatable bonds is 5. The zero-order valence-corrected chi connectivity index (χ0v) is 13.7. The Labute approximate surface area is 136 Å². The van der Waals surface area contributed by atoms with Crippen molar-refractivity contribution in [2.75, 3.05) is 6.61 Å². The van der Waals surface area contributed by atoms with Crippen molar-refractivity contribution >= 4 is 44.5 Å². The van der Waals surface area contributed by atoms with Crippen LogP contribution < -0.4 is 0 Å². The summed E-state index contributed by atoms with van der Waals surface area (Å²) in [6, 6.07) is 7.31. The summed E-state index contributed by atoms with van der Waals surface area (Å²) in [6.45, 7) is 1.99. The largest absolute Gasteiger partial charge is 0.463 e. The maximum atomic E-state index is 12.1. The lowest BCUT2D eigenvalue weighted by atomic mass is 10.00. The van der Waals surface area contributed by atoms with Crippen molar-refractivity contribution in [1.29, 1.82) is 0 Å². The molecule has 0 radical (unpaired) electrons. The molecule has 0 spiro atoms. The van der Waals surface area contributed by atoms with Crippen LogP contribution in [0.3, 0.4) is 0 Å². The van der Waals surface area contributed by atoms with Gasteiger partial charge in [-0.05, 0) is 24.6 Å². The first kappa shape index (κ1) is 16.0. The number of cyclic esters (lactones) is 1. The average Bonchev–Trinajstić information content (AvgIpc) is 2.41. The molecule has 1 heterocycles. The van der Waals surface area contributed by atoms with E-state index in [1.54, 1.807) is 13.0 Å². The predicted octanol–water partition coefficient (Wildman–Crippen LogP) is 3.67. The smallest absolute Gasteiger partial charge is 0.335 e. The van der Waals surface area contributed by atoms with Crippen molar-refractivity contribution in [3.05, 3.63) is 39.9 Å². The quantitative estimate of drug-likeness (QED) is 0.584. The van der Waals surface area contributed by atoms with E-state index in [9.17, 15) is 9.59 Å². The Kier molecular flexibility index (Phi) is 5.42. The molecule has 0 amide bonds. The summed E-state index contributed by atoms with van der Waals surface area (Å²) in [6.07, 6.45) is 0.249. The first-order chi connectivity index (χ1) is 10.0. The van der Waals surface area contributed by atoms with Crippen LogP contribution in [0.25, 0.3) is 5.03 Å². The van der Waals surface area contributed by atoms with Gasteiger partial charge in [-0.2, -0.15) is 0 Å². The van der Waals surface area contributed by atoms with E-state index >= 15 is 0 Å². The van der Waals surface area contributed by atoms with Crippen molar-refractivity contribution in [2.24, 2.45) is 0 Å². The molecule has 1 aliphatic heterocycles. The Morgan fingerprint density at radius 3 is 2.81 bits per heavy atom. The van der Waals surface area contributed by atoms with Gasteiger partial charge in [-0.1, -0.05) is 39.7 Å². The molecule has 1 aromatic carbocycles. The molecule has 1 aliphatic rings. The van der Waals surface area contributed by atoms with Crippen LogP contribution in [0.5, 0.6) is 0 Å². The van der Waals surface area contributed by atoms with E-state index in [4.69, 9.17) is 21.1 Å². The van der Waals surface area contributed by atoms with Gasteiger partial charge in [0.15, 0.2) is 0 Å². The molecular formula is C15H14BrClO4. The minimum Gasteiger partial charge on any atom is -0.463 e. The van der Waals surface area contributed by atoms with Gasteiger partial charge in [-0.15, -0.1) is 0 Å². The minimum absolute atomic E-state index is 0.259. The maximum Gasteiger partial charge on any atom is 0.335 e. The number of esters is 2. The molecule has 1 fully saturated rings. The van der Waals surface area contributed by atoms with Gasteiger partial charge in [0.1, 0.15) is 6.10 Å². The summed E-state index contributed by atoms with van der Waals surface area (Å²) in [7, 11) is 0. The number of hydrogen-bond acceptors (Lipinski definition) is 4. The van der Waals surface area contributed by atoms with Gasteiger partial charge in [0, 0.05) is 10.9 Å².